The summed E-state index contributed by atoms with van der Waals surface area (Å²) in [5, 5.41) is 28.5. The van der Waals surface area contributed by atoms with Crippen LogP contribution >= 0.6 is 0 Å². The predicted octanol–water partition coefficient (Wildman–Crippen LogP) is 1.99. The van der Waals surface area contributed by atoms with Crippen LogP contribution in [0.5, 0.6) is 0 Å². The highest BCUT2D eigenvalue weighted by molar-refractivity contribution is 6.05. The highest BCUT2D eigenvalue weighted by atomic mass is 16.6. The van der Waals surface area contributed by atoms with E-state index < -0.39 is 45.5 Å². The summed E-state index contributed by atoms with van der Waals surface area (Å²) in [5.41, 5.74) is -1.82. The van der Waals surface area contributed by atoms with Crippen molar-refractivity contribution in [2.75, 3.05) is 0 Å². The molecule has 0 atom stereocenters. The number of carbonyl (C=O) groups excluding carboxylic acids is 2. The molecule has 0 saturated heterocycles. The van der Waals surface area contributed by atoms with Crippen molar-refractivity contribution < 1.29 is 39.1 Å². The molecule has 0 spiro atoms. The number of carbonyl (C=O) groups is 4. The molecule has 0 heterocycles. The molecular formula is C16H9NO9. The van der Waals surface area contributed by atoms with Crippen LogP contribution in [0, 0.1) is 10.1 Å². The summed E-state index contributed by atoms with van der Waals surface area (Å²) in [5.74, 6) is -5.34. The molecular weight excluding hydrogens is 350 g/mol. The van der Waals surface area contributed by atoms with Crippen LogP contribution in [-0.4, -0.2) is 39.0 Å². The van der Waals surface area contributed by atoms with Crippen LogP contribution in [-0.2, 0) is 4.74 Å². The van der Waals surface area contributed by atoms with Crippen LogP contribution in [0.2, 0.25) is 0 Å². The number of hydrogen-bond acceptors (Lipinski definition) is 7. The van der Waals surface area contributed by atoms with Gasteiger partial charge < -0.3 is 14.9 Å². The van der Waals surface area contributed by atoms with E-state index in [0.717, 1.165) is 42.5 Å². The van der Waals surface area contributed by atoms with Crippen LogP contribution in [0.4, 0.5) is 5.69 Å². The number of rotatable bonds is 5. The van der Waals surface area contributed by atoms with Crippen molar-refractivity contribution >= 4 is 29.6 Å². The van der Waals surface area contributed by atoms with E-state index in [1.807, 2.05) is 0 Å². The number of nitrogens with zero attached hydrogens (tertiary/aromatic N) is 1. The lowest BCUT2D eigenvalue weighted by molar-refractivity contribution is -0.384. The molecule has 26 heavy (non-hydrogen) atoms. The largest absolute Gasteiger partial charge is 0.478 e. The highest BCUT2D eigenvalue weighted by Gasteiger charge is 2.20. The first-order valence-corrected chi connectivity index (χ1v) is 6.81. The van der Waals surface area contributed by atoms with Gasteiger partial charge in [0.25, 0.3) is 5.69 Å². The average Bonchev–Trinajstić information content (AvgIpc) is 2.61. The minimum absolute atomic E-state index is 0.156. The molecule has 10 nitrogen and oxygen atoms in total. The van der Waals surface area contributed by atoms with E-state index in [2.05, 4.69) is 4.74 Å². The maximum atomic E-state index is 12.0. The third kappa shape index (κ3) is 4.06. The molecule has 10 heteroatoms. The molecule has 0 radical (unpaired) electrons. The Labute approximate surface area is 144 Å². The molecule has 0 amide bonds. The molecule has 0 saturated carbocycles. The van der Waals surface area contributed by atoms with Gasteiger partial charge in [-0.25, -0.2) is 19.2 Å². The quantitative estimate of drug-likeness (QED) is 0.352. The van der Waals surface area contributed by atoms with E-state index in [-0.39, 0.29) is 11.3 Å². The summed E-state index contributed by atoms with van der Waals surface area (Å²) in [6, 6.07) is 6.79. The van der Waals surface area contributed by atoms with Gasteiger partial charge in [-0.2, -0.15) is 0 Å². The number of carboxylic acids is 2. The molecule has 2 N–H and O–H groups in total. The fourth-order valence-corrected chi connectivity index (χ4v) is 1.91. The monoisotopic (exact) mass is 359 g/mol. The average molecular weight is 359 g/mol. The molecule has 0 bridgehead atoms. The number of nitro groups is 1. The zero-order chi connectivity index (χ0) is 19.4. The highest BCUT2D eigenvalue weighted by Crippen LogP contribution is 2.15. The Balaban J connectivity index is 2.26. The molecule has 0 aliphatic heterocycles. The number of esters is 2. The van der Waals surface area contributed by atoms with Gasteiger partial charge >= 0.3 is 23.9 Å². The van der Waals surface area contributed by atoms with Gasteiger partial charge in [-0.15, -0.1) is 0 Å². The summed E-state index contributed by atoms with van der Waals surface area (Å²) in [6.07, 6.45) is 0. The second kappa shape index (κ2) is 7.21. The van der Waals surface area contributed by atoms with Crippen molar-refractivity contribution in [2.45, 2.75) is 0 Å². The Bertz CT molecular complexity index is 899. The van der Waals surface area contributed by atoms with Gasteiger partial charge in [0.05, 0.1) is 27.2 Å². The van der Waals surface area contributed by atoms with Gasteiger partial charge in [0.1, 0.15) is 0 Å². The molecule has 0 fully saturated rings. The lowest BCUT2D eigenvalue weighted by atomic mass is 10.1. The number of benzene rings is 2. The molecule has 2 aromatic carbocycles. The minimum atomic E-state index is -1.47. The van der Waals surface area contributed by atoms with Gasteiger partial charge in [0, 0.05) is 12.1 Å². The number of hydrogen-bond donors (Lipinski definition) is 2. The van der Waals surface area contributed by atoms with Crippen molar-refractivity contribution in [1.82, 2.24) is 0 Å². The smallest absolute Gasteiger partial charge is 0.346 e. The number of ether oxygens (including phenoxy) is 1. The number of aromatic carboxylic acids is 2. The van der Waals surface area contributed by atoms with E-state index in [9.17, 15) is 29.3 Å². The molecule has 2 rings (SSSR count). The first-order chi connectivity index (χ1) is 12.2. The van der Waals surface area contributed by atoms with Crippen LogP contribution < -0.4 is 0 Å². The zero-order valence-corrected chi connectivity index (χ0v) is 12.7. The fraction of sp³-hybridized carbons (Fsp3) is 0. The van der Waals surface area contributed by atoms with E-state index in [4.69, 9.17) is 10.2 Å². The van der Waals surface area contributed by atoms with E-state index in [0.29, 0.717) is 0 Å². The maximum Gasteiger partial charge on any atom is 0.346 e. The summed E-state index contributed by atoms with van der Waals surface area (Å²) in [4.78, 5) is 55.8. The van der Waals surface area contributed by atoms with Gasteiger partial charge in [0.15, 0.2) is 0 Å². The van der Waals surface area contributed by atoms with Gasteiger partial charge in [-0.3, -0.25) is 10.1 Å². The Kier molecular flexibility index (Phi) is 5.07. The Morgan fingerprint density at radius 1 is 0.769 bits per heavy atom. The summed E-state index contributed by atoms with van der Waals surface area (Å²) >= 11 is 0. The van der Waals surface area contributed by atoms with Gasteiger partial charge in [0.2, 0.25) is 0 Å². The number of non-ortho nitro benzene ring substituents is 1. The second-order valence-electron chi connectivity index (χ2n) is 4.89. The van der Waals surface area contributed by atoms with Gasteiger partial charge in [-0.05, 0) is 30.3 Å². The molecule has 0 aromatic heterocycles. The Morgan fingerprint density at radius 2 is 1.19 bits per heavy atom. The fourth-order valence-electron chi connectivity index (χ4n) is 1.91. The molecule has 132 valence electrons. The van der Waals surface area contributed by atoms with Crippen molar-refractivity contribution in [3.8, 4) is 0 Å². The Hall–Kier alpha value is -4.08. The molecule has 2 aromatic rings. The van der Waals surface area contributed by atoms with Crippen molar-refractivity contribution in [3.05, 3.63) is 74.8 Å². The van der Waals surface area contributed by atoms with Crippen LogP contribution in [0.1, 0.15) is 41.4 Å². The SMILES string of the molecule is O=C(O)c1cc(C(=O)O)cc(C(=O)OC(=O)c2ccc([N+](=O)[O-])cc2)c1. The number of carboxylic acid groups (broad SMARTS) is 2. The van der Waals surface area contributed by atoms with Gasteiger partial charge in [-0.1, -0.05) is 0 Å². The lowest BCUT2D eigenvalue weighted by Gasteiger charge is -2.06. The summed E-state index contributed by atoms with van der Waals surface area (Å²) < 4.78 is 4.56. The van der Waals surface area contributed by atoms with Crippen molar-refractivity contribution in [2.24, 2.45) is 0 Å². The lowest BCUT2D eigenvalue weighted by Crippen LogP contribution is -2.14. The molecule has 0 unspecified atom stereocenters. The second-order valence-corrected chi connectivity index (χ2v) is 4.89. The number of nitro benzene ring substituents is 1. The van der Waals surface area contributed by atoms with Crippen LogP contribution in [0.3, 0.4) is 0 Å². The van der Waals surface area contributed by atoms with Crippen LogP contribution in [0.15, 0.2) is 42.5 Å². The Morgan fingerprint density at radius 3 is 1.62 bits per heavy atom. The third-order valence-electron chi connectivity index (χ3n) is 3.16. The van der Waals surface area contributed by atoms with E-state index in [1.165, 1.54) is 0 Å². The first-order valence-electron chi connectivity index (χ1n) is 6.81. The predicted molar refractivity (Wildman–Crippen MR) is 83.2 cm³/mol. The maximum absolute atomic E-state index is 12.0. The normalized spacial score (nSPS) is 10.0. The topological polar surface area (TPSA) is 161 Å². The van der Waals surface area contributed by atoms with Crippen LogP contribution in [0.25, 0.3) is 0 Å². The third-order valence-corrected chi connectivity index (χ3v) is 3.16. The van der Waals surface area contributed by atoms with Crippen molar-refractivity contribution in [3.63, 3.8) is 0 Å². The van der Waals surface area contributed by atoms with E-state index in [1.54, 1.807) is 0 Å². The molecule has 0 aliphatic carbocycles. The standard InChI is InChI=1S/C16H9NO9/c18-13(19)9-5-10(14(20)21)7-11(6-9)16(23)26-15(22)8-1-3-12(4-2-8)17(24)25/h1-7H,(H,18,19)(H,20,21). The summed E-state index contributed by atoms with van der Waals surface area (Å²) in [7, 11) is 0. The summed E-state index contributed by atoms with van der Waals surface area (Å²) in [6.45, 7) is 0. The first kappa shape index (κ1) is 18.3. The molecule has 0 aliphatic rings. The zero-order valence-electron chi connectivity index (χ0n) is 12.7. The minimum Gasteiger partial charge on any atom is -0.478 e. The van der Waals surface area contributed by atoms with E-state index >= 15 is 0 Å². The van der Waals surface area contributed by atoms with Crippen molar-refractivity contribution in [1.29, 1.82) is 0 Å².